The van der Waals surface area contributed by atoms with Gasteiger partial charge in [-0.25, -0.2) is 0 Å². The minimum atomic E-state index is 0.240. The second-order valence-corrected chi connectivity index (χ2v) is 3.00. The maximum absolute atomic E-state index is 11.0. The first-order valence-electron chi connectivity index (χ1n) is 3.65. The molecule has 2 aliphatic heterocycles. The average Bonchev–Trinajstić information content (AvgIpc) is 2.25. The zero-order valence-electron chi connectivity index (χ0n) is 5.39. The Kier molecular flexibility index (Phi) is 1.09. The third-order valence-electron chi connectivity index (χ3n) is 2.37. The van der Waals surface area contributed by atoms with Gasteiger partial charge in [-0.1, -0.05) is 0 Å². The number of ketones is 1. The highest BCUT2D eigenvalue weighted by molar-refractivity contribution is 5.85. The van der Waals surface area contributed by atoms with E-state index in [0.29, 0.717) is 11.8 Å². The van der Waals surface area contributed by atoms with Crippen molar-refractivity contribution < 1.29 is 4.79 Å². The minimum Gasteiger partial charge on any atom is -0.305 e. The number of hydrogen-bond donors (Lipinski definition) is 1. The molecule has 0 unspecified atom stereocenters. The molecular weight excluding hydrogens is 114 g/mol. The molecule has 2 heterocycles. The largest absolute Gasteiger partial charge is 0.305 e. The van der Waals surface area contributed by atoms with Crippen LogP contribution < -0.4 is 5.32 Å². The van der Waals surface area contributed by atoms with Gasteiger partial charge in [0.1, 0.15) is 5.78 Å². The van der Waals surface area contributed by atoms with Crippen LogP contribution in [0.4, 0.5) is 0 Å². The van der Waals surface area contributed by atoms with Crippen LogP contribution in [0.3, 0.4) is 0 Å². The summed E-state index contributed by atoms with van der Waals surface area (Å²) < 4.78 is 0. The fourth-order valence-electron chi connectivity index (χ4n) is 1.79. The SMILES string of the molecule is O=C1CC[C@H]2CC[C@H]1N2. The molecule has 0 aromatic rings. The molecule has 9 heavy (non-hydrogen) atoms. The Morgan fingerprint density at radius 2 is 2.22 bits per heavy atom. The summed E-state index contributed by atoms with van der Waals surface area (Å²) in [4.78, 5) is 11.0. The molecule has 0 amide bonds. The van der Waals surface area contributed by atoms with E-state index in [1.165, 1.54) is 6.42 Å². The van der Waals surface area contributed by atoms with Gasteiger partial charge in [0.15, 0.2) is 0 Å². The number of fused-ring (bicyclic) bond motifs is 2. The zero-order chi connectivity index (χ0) is 6.27. The third kappa shape index (κ3) is 0.778. The summed E-state index contributed by atoms with van der Waals surface area (Å²) in [6, 6.07) is 0.913. The van der Waals surface area contributed by atoms with Crippen molar-refractivity contribution in [2.45, 2.75) is 37.8 Å². The van der Waals surface area contributed by atoms with Crippen LogP contribution in [-0.4, -0.2) is 17.9 Å². The summed E-state index contributed by atoms with van der Waals surface area (Å²) in [5, 5.41) is 3.29. The number of carbonyl (C=O) groups is 1. The lowest BCUT2D eigenvalue weighted by Gasteiger charge is -2.18. The van der Waals surface area contributed by atoms with E-state index in [4.69, 9.17) is 0 Å². The van der Waals surface area contributed by atoms with Crippen molar-refractivity contribution in [1.82, 2.24) is 5.32 Å². The highest BCUT2D eigenvalue weighted by Gasteiger charge is 2.33. The summed E-state index contributed by atoms with van der Waals surface area (Å²) in [7, 11) is 0. The number of carbonyl (C=O) groups excluding carboxylic acids is 1. The van der Waals surface area contributed by atoms with E-state index in [-0.39, 0.29) is 6.04 Å². The lowest BCUT2D eigenvalue weighted by molar-refractivity contribution is -0.121. The molecule has 2 rings (SSSR count). The van der Waals surface area contributed by atoms with Gasteiger partial charge in [-0.3, -0.25) is 4.79 Å². The molecular formula is C7H11NO. The van der Waals surface area contributed by atoms with Gasteiger partial charge in [-0.05, 0) is 19.3 Å². The normalized spacial score (nSPS) is 41.6. The van der Waals surface area contributed by atoms with E-state index in [0.717, 1.165) is 19.3 Å². The van der Waals surface area contributed by atoms with E-state index >= 15 is 0 Å². The Balaban J connectivity index is 2.14. The zero-order valence-corrected chi connectivity index (χ0v) is 5.39. The van der Waals surface area contributed by atoms with Crippen molar-refractivity contribution in [2.75, 3.05) is 0 Å². The lowest BCUT2D eigenvalue weighted by Crippen LogP contribution is -2.40. The molecule has 2 aliphatic rings. The third-order valence-corrected chi connectivity index (χ3v) is 2.37. The fraction of sp³-hybridized carbons (Fsp3) is 0.857. The van der Waals surface area contributed by atoms with Crippen LogP contribution >= 0.6 is 0 Å². The predicted octanol–water partition coefficient (Wildman–Crippen LogP) is 0.470. The Bertz CT molecular complexity index is 144. The van der Waals surface area contributed by atoms with Crippen molar-refractivity contribution in [3.05, 3.63) is 0 Å². The summed E-state index contributed by atoms with van der Waals surface area (Å²) in [6.45, 7) is 0. The number of nitrogens with one attached hydrogen (secondary N) is 1. The maximum atomic E-state index is 11.0. The molecule has 0 aromatic carbocycles. The molecule has 0 radical (unpaired) electrons. The second-order valence-electron chi connectivity index (χ2n) is 3.00. The van der Waals surface area contributed by atoms with Crippen molar-refractivity contribution in [3.63, 3.8) is 0 Å². The van der Waals surface area contributed by atoms with Gasteiger partial charge < -0.3 is 5.32 Å². The van der Waals surface area contributed by atoms with E-state index in [1.54, 1.807) is 0 Å². The second kappa shape index (κ2) is 1.81. The fourth-order valence-corrected chi connectivity index (χ4v) is 1.79. The van der Waals surface area contributed by atoms with Gasteiger partial charge in [0.05, 0.1) is 6.04 Å². The van der Waals surface area contributed by atoms with Crippen LogP contribution in [0.1, 0.15) is 25.7 Å². The van der Waals surface area contributed by atoms with Gasteiger partial charge in [-0.15, -0.1) is 0 Å². The topological polar surface area (TPSA) is 29.1 Å². The van der Waals surface area contributed by atoms with Crippen molar-refractivity contribution in [2.24, 2.45) is 0 Å². The van der Waals surface area contributed by atoms with Gasteiger partial charge in [0, 0.05) is 12.5 Å². The molecule has 2 atom stereocenters. The van der Waals surface area contributed by atoms with Crippen LogP contribution in [0, 0.1) is 0 Å². The summed E-state index contributed by atoms with van der Waals surface area (Å²) in [6.07, 6.45) is 4.21. The lowest BCUT2D eigenvalue weighted by atomic mass is 10.1. The molecule has 0 aliphatic carbocycles. The molecule has 0 saturated carbocycles. The number of Topliss-reactive ketones (excluding diaryl/α,β-unsaturated/α-hetero) is 1. The molecule has 2 bridgehead atoms. The van der Waals surface area contributed by atoms with E-state index in [9.17, 15) is 4.79 Å². The first-order valence-corrected chi connectivity index (χ1v) is 3.65. The van der Waals surface area contributed by atoms with Crippen LogP contribution in [0.5, 0.6) is 0 Å². The summed E-state index contributed by atoms with van der Waals surface area (Å²) in [5.74, 6) is 0.434. The maximum Gasteiger partial charge on any atom is 0.149 e. The molecule has 2 nitrogen and oxygen atoms in total. The van der Waals surface area contributed by atoms with Crippen LogP contribution in [-0.2, 0) is 4.79 Å². The highest BCUT2D eigenvalue weighted by atomic mass is 16.1. The van der Waals surface area contributed by atoms with Crippen LogP contribution in [0.2, 0.25) is 0 Å². The van der Waals surface area contributed by atoms with Crippen LogP contribution in [0.25, 0.3) is 0 Å². The molecule has 1 N–H and O–H groups in total. The minimum absolute atomic E-state index is 0.240. The Hall–Kier alpha value is -0.370. The monoisotopic (exact) mass is 125 g/mol. The Morgan fingerprint density at radius 3 is 3.00 bits per heavy atom. The Morgan fingerprint density at radius 1 is 1.33 bits per heavy atom. The van der Waals surface area contributed by atoms with Crippen molar-refractivity contribution >= 4 is 5.78 Å². The first kappa shape index (κ1) is 5.42. The van der Waals surface area contributed by atoms with Gasteiger partial charge in [-0.2, -0.15) is 0 Å². The molecule has 0 spiro atoms. The van der Waals surface area contributed by atoms with Crippen molar-refractivity contribution in [1.29, 1.82) is 0 Å². The van der Waals surface area contributed by atoms with Crippen LogP contribution in [0.15, 0.2) is 0 Å². The number of piperidine rings is 1. The summed E-state index contributed by atoms with van der Waals surface area (Å²) >= 11 is 0. The standard InChI is InChI=1S/C7H11NO/c9-7-4-2-5-1-3-6(7)8-5/h5-6,8H,1-4H2/t5-,6-/m1/s1. The quantitative estimate of drug-likeness (QED) is 0.510. The number of hydrogen-bond acceptors (Lipinski definition) is 2. The molecule has 2 fully saturated rings. The Labute approximate surface area is 54.6 Å². The number of rotatable bonds is 0. The molecule has 50 valence electrons. The van der Waals surface area contributed by atoms with Gasteiger partial charge >= 0.3 is 0 Å². The summed E-state index contributed by atoms with van der Waals surface area (Å²) in [5.41, 5.74) is 0. The first-order chi connectivity index (χ1) is 4.36. The highest BCUT2D eigenvalue weighted by Crippen LogP contribution is 2.23. The van der Waals surface area contributed by atoms with Gasteiger partial charge in [0.25, 0.3) is 0 Å². The van der Waals surface area contributed by atoms with Gasteiger partial charge in [0.2, 0.25) is 0 Å². The predicted molar refractivity (Wildman–Crippen MR) is 34.2 cm³/mol. The smallest absolute Gasteiger partial charge is 0.149 e. The molecule has 2 heteroatoms. The average molecular weight is 125 g/mol. The molecule has 2 saturated heterocycles. The van der Waals surface area contributed by atoms with Crippen molar-refractivity contribution in [3.8, 4) is 0 Å². The van der Waals surface area contributed by atoms with E-state index in [1.807, 2.05) is 0 Å². The van der Waals surface area contributed by atoms with E-state index in [2.05, 4.69) is 5.32 Å². The van der Waals surface area contributed by atoms with E-state index < -0.39 is 0 Å². The molecule has 0 aromatic heterocycles.